The van der Waals surface area contributed by atoms with Crippen LogP contribution in [0.5, 0.6) is 5.75 Å². The number of methoxy groups -OCH3 is 1. The second kappa shape index (κ2) is 9.62. The second-order valence-corrected chi connectivity index (χ2v) is 9.01. The minimum Gasteiger partial charge on any atom is -0.497 e. The van der Waals surface area contributed by atoms with Crippen molar-refractivity contribution in [3.05, 3.63) is 81.9 Å². The molecule has 34 heavy (non-hydrogen) atoms. The van der Waals surface area contributed by atoms with Crippen LogP contribution in [0.3, 0.4) is 0 Å². The zero-order valence-corrected chi connectivity index (χ0v) is 19.7. The fourth-order valence-corrected chi connectivity index (χ4v) is 5.06. The maximum Gasteiger partial charge on any atom is 0.358 e. The summed E-state index contributed by atoms with van der Waals surface area (Å²) in [5.41, 5.74) is 2.71. The monoisotopic (exact) mass is 493 g/mol. The Morgan fingerprint density at radius 3 is 2.71 bits per heavy atom. The number of hydrogen-bond acceptors (Lipinski definition) is 9. The molecule has 10 heteroatoms. The first-order chi connectivity index (χ1) is 16.6. The summed E-state index contributed by atoms with van der Waals surface area (Å²) in [6.07, 6.45) is 2.02. The van der Waals surface area contributed by atoms with Gasteiger partial charge in [0.15, 0.2) is 12.3 Å². The molecule has 0 radical (unpaired) electrons. The van der Waals surface area contributed by atoms with Gasteiger partial charge >= 0.3 is 5.97 Å². The first kappa shape index (κ1) is 22.1. The highest BCUT2D eigenvalue weighted by Crippen LogP contribution is 2.33. The molecular formula is C24H19N3O5S2. The van der Waals surface area contributed by atoms with Gasteiger partial charge < -0.3 is 13.9 Å². The Bertz CT molecular complexity index is 1310. The molecule has 3 aromatic heterocycles. The Morgan fingerprint density at radius 1 is 1.15 bits per heavy atom. The van der Waals surface area contributed by atoms with Crippen molar-refractivity contribution < 1.29 is 23.5 Å². The van der Waals surface area contributed by atoms with Crippen LogP contribution in [0, 0.1) is 0 Å². The lowest BCUT2D eigenvalue weighted by atomic mass is 10.0. The third kappa shape index (κ3) is 4.50. The van der Waals surface area contributed by atoms with Crippen LogP contribution in [-0.4, -0.2) is 41.3 Å². The third-order valence-electron chi connectivity index (χ3n) is 5.27. The van der Waals surface area contributed by atoms with Crippen molar-refractivity contribution >= 4 is 40.3 Å². The second-order valence-electron chi connectivity index (χ2n) is 7.37. The highest BCUT2D eigenvalue weighted by Gasteiger charge is 2.35. The zero-order chi connectivity index (χ0) is 23.5. The summed E-state index contributed by atoms with van der Waals surface area (Å²) in [7, 11) is 1.60. The van der Waals surface area contributed by atoms with Gasteiger partial charge in [-0.3, -0.25) is 4.79 Å². The smallest absolute Gasteiger partial charge is 0.358 e. The predicted octanol–water partition coefficient (Wildman–Crippen LogP) is 5.01. The number of esters is 1. The van der Waals surface area contributed by atoms with E-state index in [2.05, 4.69) is 10.1 Å². The van der Waals surface area contributed by atoms with Gasteiger partial charge in [0.2, 0.25) is 0 Å². The number of amides is 1. The maximum atomic E-state index is 13.0. The van der Waals surface area contributed by atoms with Gasteiger partial charge in [0.05, 0.1) is 19.1 Å². The minimum absolute atomic E-state index is 0.172. The molecule has 172 valence electrons. The van der Waals surface area contributed by atoms with E-state index in [0.29, 0.717) is 12.2 Å². The largest absolute Gasteiger partial charge is 0.497 e. The quantitative estimate of drug-likeness (QED) is 0.336. The molecule has 1 amide bonds. The van der Waals surface area contributed by atoms with Gasteiger partial charge in [0.1, 0.15) is 22.6 Å². The van der Waals surface area contributed by atoms with Gasteiger partial charge in [-0.2, -0.15) is 16.4 Å². The minimum atomic E-state index is -0.654. The lowest BCUT2D eigenvalue weighted by molar-refractivity contribution is -0.136. The zero-order valence-electron chi connectivity index (χ0n) is 18.0. The molecule has 0 N–H and O–H groups in total. The van der Waals surface area contributed by atoms with Crippen molar-refractivity contribution in [3.63, 3.8) is 0 Å². The van der Waals surface area contributed by atoms with E-state index in [0.717, 1.165) is 27.6 Å². The molecule has 0 bridgehead atoms. The molecule has 5 rings (SSSR count). The number of benzene rings is 1. The Hall–Kier alpha value is -3.76. The number of rotatable bonds is 7. The highest BCUT2D eigenvalue weighted by atomic mass is 32.1. The van der Waals surface area contributed by atoms with Crippen LogP contribution in [0.1, 0.15) is 34.3 Å². The van der Waals surface area contributed by atoms with E-state index in [1.807, 2.05) is 41.1 Å². The lowest BCUT2D eigenvalue weighted by Crippen LogP contribution is -2.31. The Kier molecular flexibility index (Phi) is 6.24. The van der Waals surface area contributed by atoms with Gasteiger partial charge in [0.25, 0.3) is 5.91 Å². The van der Waals surface area contributed by atoms with Gasteiger partial charge in [-0.15, -0.1) is 11.3 Å². The molecule has 0 saturated carbocycles. The molecule has 1 aromatic carbocycles. The van der Waals surface area contributed by atoms with Gasteiger partial charge in [-0.1, -0.05) is 0 Å². The number of ether oxygens (including phenoxy) is 2. The van der Waals surface area contributed by atoms with E-state index >= 15 is 0 Å². The van der Waals surface area contributed by atoms with Gasteiger partial charge in [-0.25, -0.2) is 14.8 Å². The van der Waals surface area contributed by atoms with Crippen molar-refractivity contribution in [1.29, 1.82) is 0 Å². The van der Waals surface area contributed by atoms with E-state index in [1.165, 1.54) is 16.3 Å². The van der Waals surface area contributed by atoms with Crippen LogP contribution in [0.25, 0.3) is 10.6 Å². The average molecular weight is 494 g/mol. The summed E-state index contributed by atoms with van der Waals surface area (Å²) in [4.78, 5) is 29.8. The van der Waals surface area contributed by atoms with E-state index in [1.54, 1.807) is 42.2 Å². The molecule has 1 aliphatic heterocycles. The number of hydrazone groups is 1. The molecule has 0 spiro atoms. The van der Waals surface area contributed by atoms with Crippen LogP contribution in [0.2, 0.25) is 0 Å². The van der Waals surface area contributed by atoms with Crippen molar-refractivity contribution in [1.82, 2.24) is 9.99 Å². The predicted molar refractivity (Wildman–Crippen MR) is 128 cm³/mol. The van der Waals surface area contributed by atoms with Gasteiger partial charge in [-0.05, 0) is 53.4 Å². The molecule has 0 saturated heterocycles. The van der Waals surface area contributed by atoms with Crippen LogP contribution < -0.4 is 4.74 Å². The van der Waals surface area contributed by atoms with Crippen molar-refractivity contribution in [2.75, 3.05) is 13.7 Å². The SMILES string of the molecule is COc1ccc(C2=NN(C(=O)COC(=O)c3csc(-c4ccsc4)n3)C(c3ccco3)C2)cc1. The molecular weight excluding hydrogens is 474 g/mol. The summed E-state index contributed by atoms with van der Waals surface area (Å²) in [5.74, 6) is 0.228. The molecule has 0 fully saturated rings. The fraction of sp³-hybridized carbons (Fsp3) is 0.167. The number of hydrogen-bond donors (Lipinski definition) is 0. The summed E-state index contributed by atoms with van der Waals surface area (Å²) in [5, 5.41) is 12.1. The summed E-state index contributed by atoms with van der Waals surface area (Å²) < 4.78 is 16.0. The number of nitrogens with zero attached hydrogens (tertiary/aromatic N) is 3. The Balaban J connectivity index is 1.30. The first-order valence-electron chi connectivity index (χ1n) is 10.3. The Morgan fingerprint density at radius 2 is 2.00 bits per heavy atom. The molecule has 4 heterocycles. The van der Waals surface area contributed by atoms with Crippen LogP contribution in [-0.2, 0) is 9.53 Å². The number of carbonyl (C=O) groups is 2. The molecule has 1 aliphatic rings. The topological polar surface area (TPSA) is 94.2 Å². The Labute approximate surface area is 203 Å². The van der Waals surface area contributed by atoms with E-state index < -0.39 is 24.5 Å². The maximum absolute atomic E-state index is 13.0. The third-order valence-corrected chi connectivity index (χ3v) is 6.84. The van der Waals surface area contributed by atoms with Gasteiger partial charge in [0, 0.05) is 22.7 Å². The molecule has 1 atom stereocenters. The summed E-state index contributed by atoms with van der Waals surface area (Å²) in [6.45, 7) is -0.458. The fourth-order valence-electron chi connectivity index (χ4n) is 3.55. The van der Waals surface area contributed by atoms with Crippen molar-refractivity contribution in [2.24, 2.45) is 5.10 Å². The van der Waals surface area contributed by atoms with E-state index in [9.17, 15) is 9.59 Å². The van der Waals surface area contributed by atoms with E-state index in [-0.39, 0.29) is 5.69 Å². The highest BCUT2D eigenvalue weighted by molar-refractivity contribution is 7.14. The van der Waals surface area contributed by atoms with Crippen LogP contribution >= 0.6 is 22.7 Å². The number of furan rings is 1. The molecule has 4 aromatic rings. The number of carbonyl (C=O) groups excluding carboxylic acids is 2. The normalized spacial score (nSPS) is 15.3. The van der Waals surface area contributed by atoms with Crippen molar-refractivity contribution in [2.45, 2.75) is 12.5 Å². The molecule has 0 aliphatic carbocycles. The summed E-state index contributed by atoms with van der Waals surface area (Å²) >= 11 is 2.90. The van der Waals surface area contributed by atoms with Crippen molar-refractivity contribution in [3.8, 4) is 16.3 Å². The average Bonchev–Trinajstić information content (AvgIpc) is 3.67. The molecule has 1 unspecified atom stereocenters. The lowest BCUT2D eigenvalue weighted by Gasteiger charge is -2.19. The number of thiophene rings is 1. The standard InChI is InChI=1S/C24H19N3O5S2/c1-30-17-6-4-15(5-7-17)18-11-20(21-3-2-9-31-21)27(26-18)22(28)12-32-24(29)19-14-34-23(25-19)16-8-10-33-13-16/h2-10,13-14,20H,11-12H2,1H3. The molecule has 8 nitrogen and oxygen atoms in total. The summed E-state index contributed by atoms with van der Waals surface area (Å²) in [6, 6.07) is 12.5. The van der Waals surface area contributed by atoms with E-state index in [4.69, 9.17) is 13.9 Å². The number of thiazole rings is 1. The van der Waals surface area contributed by atoms with Crippen LogP contribution in [0.15, 0.2) is 74.4 Å². The first-order valence-corrected chi connectivity index (χ1v) is 12.2. The van der Waals surface area contributed by atoms with Crippen LogP contribution in [0.4, 0.5) is 0 Å². The number of aromatic nitrogens is 1.